The summed E-state index contributed by atoms with van der Waals surface area (Å²) in [5.41, 5.74) is -1.89. The molecule has 0 aliphatic heterocycles. The number of esters is 2. The summed E-state index contributed by atoms with van der Waals surface area (Å²) in [6.07, 6.45) is 2.16. The van der Waals surface area contributed by atoms with Crippen LogP contribution in [0.1, 0.15) is 81.6 Å². The Balaban J connectivity index is 4.38. The van der Waals surface area contributed by atoms with Gasteiger partial charge in [0.05, 0.1) is 23.7 Å². The first-order valence-electron chi connectivity index (χ1n) is 9.97. The molecule has 0 saturated carbocycles. The normalized spacial score (nSPS) is 14.0. The molecular weight excluding hydrogens is 348 g/mol. The third kappa shape index (κ3) is 9.56. The number of carbonyl (C=O) groups excluding carboxylic acids is 2. The average molecular weight is 389 g/mol. The topological polar surface area (TPSA) is 71.1 Å². The molecule has 1 unspecified atom stereocenters. The second-order valence-electron chi connectivity index (χ2n) is 8.59. The second kappa shape index (κ2) is 11.0. The zero-order valence-corrected chi connectivity index (χ0v) is 18.8. The maximum atomic E-state index is 12.3. The first-order chi connectivity index (χ1) is 12.3. The fraction of sp³-hybridized carbons (Fsp3) is 0.905. The van der Waals surface area contributed by atoms with Crippen LogP contribution in [0.3, 0.4) is 0 Å². The third-order valence-electron chi connectivity index (χ3n) is 4.90. The van der Waals surface area contributed by atoms with Crippen molar-refractivity contribution in [2.45, 2.75) is 98.9 Å². The molecule has 0 aromatic carbocycles. The highest BCUT2D eigenvalue weighted by molar-refractivity contribution is 5.78. The fourth-order valence-electron chi connectivity index (χ4n) is 1.94. The molecule has 1 atom stereocenters. The van der Waals surface area contributed by atoms with Crippen molar-refractivity contribution >= 4 is 11.9 Å². The van der Waals surface area contributed by atoms with E-state index in [0.29, 0.717) is 6.42 Å². The molecule has 0 aliphatic carbocycles. The number of hydrogen-bond acceptors (Lipinski definition) is 6. The molecule has 0 fully saturated rings. The van der Waals surface area contributed by atoms with Crippen LogP contribution in [0.25, 0.3) is 0 Å². The lowest BCUT2D eigenvalue weighted by atomic mass is 9.91. The minimum absolute atomic E-state index is 0.102. The van der Waals surface area contributed by atoms with Gasteiger partial charge in [0, 0.05) is 0 Å². The molecular formula is C21H40O6. The highest BCUT2D eigenvalue weighted by atomic mass is 16.6. The smallest absolute Gasteiger partial charge is 0.337 e. The summed E-state index contributed by atoms with van der Waals surface area (Å²) in [4.78, 5) is 24.3. The molecule has 0 bridgehead atoms. The molecule has 27 heavy (non-hydrogen) atoms. The Morgan fingerprint density at radius 1 is 0.815 bits per heavy atom. The van der Waals surface area contributed by atoms with E-state index in [-0.39, 0.29) is 37.5 Å². The van der Waals surface area contributed by atoms with Gasteiger partial charge in [-0.2, -0.15) is 0 Å². The van der Waals surface area contributed by atoms with Crippen LogP contribution in [0.2, 0.25) is 0 Å². The fourth-order valence-corrected chi connectivity index (χ4v) is 1.94. The van der Waals surface area contributed by atoms with Crippen molar-refractivity contribution in [2.75, 3.05) is 19.8 Å². The largest absolute Gasteiger partial charge is 0.463 e. The summed E-state index contributed by atoms with van der Waals surface area (Å²) in [5.74, 6) is -0.727. The van der Waals surface area contributed by atoms with Crippen LogP contribution in [-0.2, 0) is 28.5 Å². The van der Waals surface area contributed by atoms with Crippen molar-refractivity contribution in [1.82, 2.24) is 0 Å². The molecule has 0 rings (SSSR count). The maximum Gasteiger partial charge on any atom is 0.337 e. The predicted octanol–water partition coefficient (Wildman–Crippen LogP) is 4.29. The highest BCUT2D eigenvalue weighted by Gasteiger charge is 2.32. The lowest BCUT2D eigenvalue weighted by Crippen LogP contribution is -2.40. The molecule has 6 heteroatoms. The van der Waals surface area contributed by atoms with Gasteiger partial charge in [-0.15, -0.1) is 0 Å². The lowest BCUT2D eigenvalue weighted by molar-refractivity contribution is -0.178. The van der Waals surface area contributed by atoms with Crippen LogP contribution < -0.4 is 0 Å². The summed E-state index contributed by atoms with van der Waals surface area (Å²) < 4.78 is 22.2. The quantitative estimate of drug-likeness (QED) is 0.346. The number of ether oxygens (including phenoxy) is 4. The zero-order chi connectivity index (χ0) is 21.3. The standard InChI is InChI=1S/C21H40O6/c1-10-16(27-20(6,7)12-3)15-25-18(23)21(8,9)26-14-13-24-17(22)19(4,5)11-2/h16H,10-15H2,1-9H3. The van der Waals surface area contributed by atoms with E-state index in [4.69, 9.17) is 18.9 Å². The summed E-state index contributed by atoms with van der Waals surface area (Å²) >= 11 is 0. The van der Waals surface area contributed by atoms with Gasteiger partial charge in [0.1, 0.15) is 13.2 Å². The molecule has 0 heterocycles. The molecule has 0 aromatic heterocycles. The van der Waals surface area contributed by atoms with Gasteiger partial charge < -0.3 is 18.9 Å². The van der Waals surface area contributed by atoms with Crippen LogP contribution in [0.15, 0.2) is 0 Å². The Labute approximate surface area is 165 Å². The Bertz CT molecular complexity index is 467. The summed E-state index contributed by atoms with van der Waals surface area (Å²) in [6, 6.07) is 0. The average Bonchev–Trinajstić information content (AvgIpc) is 2.61. The molecule has 0 aromatic rings. The Morgan fingerprint density at radius 2 is 1.41 bits per heavy atom. The maximum absolute atomic E-state index is 12.3. The van der Waals surface area contributed by atoms with E-state index in [1.807, 2.05) is 41.5 Å². The molecule has 0 N–H and O–H groups in total. The predicted molar refractivity (Wildman–Crippen MR) is 106 cm³/mol. The Kier molecular flexibility index (Phi) is 10.5. The molecule has 0 radical (unpaired) electrons. The number of hydrogen-bond donors (Lipinski definition) is 0. The monoisotopic (exact) mass is 388 g/mol. The Hall–Kier alpha value is -1.14. The van der Waals surface area contributed by atoms with Gasteiger partial charge in [0.2, 0.25) is 0 Å². The first kappa shape index (κ1) is 25.9. The minimum Gasteiger partial charge on any atom is -0.463 e. The van der Waals surface area contributed by atoms with Gasteiger partial charge in [-0.3, -0.25) is 4.79 Å². The van der Waals surface area contributed by atoms with Crippen LogP contribution in [-0.4, -0.2) is 49.1 Å². The van der Waals surface area contributed by atoms with Crippen LogP contribution in [0.4, 0.5) is 0 Å². The van der Waals surface area contributed by atoms with Gasteiger partial charge in [-0.1, -0.05) is 20.8 Å². The van der Waals surface area contributed by atoms with Crippen molar-refractivity contribution in [1.29, 1.82) is 0 Å². The molecule has 0 amide bonds. The van der Waals surface area contributed by atoms with Crippen molar-refractivity contribution in [3.05, 3.63) is 0 Å². The summed E-state index contributed by atoms with van der Waals surface area (Å²) in [7, 11) is 0. The molecule has 6 nitrogen and oxygen atoms in total. The van der Waals surface area contributed by atoms with Gasteiger partial charge in [0.15, 0.2) is 5.60 Å². The molecule has 0 aliphatic rings. The first-order valence-corrected chi connectivity index (χ1v) is 9.97. The van der Waals surface area contributed by atoms with Crippen molar-refractivity contribution in [3.63, 3.8) is 0 Å². The Morgan fingerprint density at radius 3 is 1.89 bits per heavy atom. The minimum atomic E-state index is -1.12. The van der Waals surface area contributed by atoms with E-state index >= 15 is 0 Å². The van der Waals surface area contributed by atoms with Crippen LogP contribution in [0.5, 0.6) is 0 Å². The molecule has 0 saturated heterocycles. The van der Waals surface area contributed by atoms with Crippen molar-refractivity contribution in [2.24, 2.45) is 5.41 Å². The van der Waals surface area contributed by atoms with E-state index in [0.717, 1.165) is 12.8 Å². The SMILES string of the molecule is CCC(COC(=O)C(C)(C)OCCOC(=O)C(C)(C)CC)OC(C)(C)CC. The highest BCUT2D eigenvalue weighted by Crippen LogP contribution is 2.22. The lowest BCUT2D eigenvalue weighted by Gasteiger charge is -2.30. The summed E-state index contributed by atoms with van der Waals surface area (Å²) in [6.45, 7) is 17.4. The van der Waals surface area contributed by atoms with Gasteiger partial charge >= 0.3 is 11.9 Å². The van der Waals surface area contributed by atoms with Crippen LogP contribution >= 0.6 is 0 Å². The number of rotatable bonds is 13. The van der Waals surface area contributed by atoms with Gasteiger partial charge in [0.25, 0.3) is 0 Å². The summed E-state index contributed by atoms with van der Waals surface area (Å²) in [5, 5.41) is 0. The van der Waals surface area contributed by atoms with Crippen LogP contribution in [0, 0.1) is 5.41 Å². The van der Waals surface area contributed by atoms with E-state index in [2.05, 4.69) is 6.92 Å². The van der Waals surface area contributed by atoms with E-state index in [9.17, 15) is 9.59 Å². The third-order valence-corrected chi connectivity index (χ3v) is 4.90. The second-order valence-corrected chi connectivity index (χ2v) is 8.59. The molecule has 160 valence electrons. The van der Waals surface area contributed by atoms with E-state index in [1.165, 1.54) is 0 Å². The van der Waals surface area contributed by atoms with Gasteiger partial charge in [-0.05, 0) is 60.8 Å². The van der Waals surface area contributed by atoms with E-state index < -0.39 is 17.0 Å². The number of carbonyl (C=O) groups is 2. The molecule has 0 spiro atoms. The van der Waals surface area contributed by atoms with Crippen molar-refractivity contribution in [3.8, 4) is 0 Å². The van der Waals surface area contributed by atoms with Gasteiger partial charge in [-0.25, -0.2) is 4.79 Å². The van der Waals surface area contributed by atoms with E-state index in [1.54, 1.807) is 13.8 Å². The zero-order valence-electron chi connectivity index (χ0n) is 18.8. The van der Waals surface area contributed by atoms with Crippen molar-refractivity contribution < 1.29 is 28.5 Å².